The van der Waals surface area contributed by atoms with Crippen LogP contribution in [0.1, 0.15) is 24.2 Å². The number of rotatable bonds is 7. The number of guanidine groups is 1. The van der Waals surface area contributed by atoms with Gasteiger partial charge in [0.05, 0.1) is 32.3 Å². The van der Waals surface area contributed by atoms with Gasteiger partial charge in [0.25, 0.3) is 0 Å². The summed E-state index contributed by atoms with van der Waals surface area (Å²) in [6.45, 7) is 7.63. The third-order valence-electron chi connectivity index (χ3n) is 5.31. The van der Waals surface area contributed by atoms with Crippen LogP contribution < -0.4 is 5.32 Å². The second-order valence-corrected chi connectivity index (χ2v) is 7.75. The van der Waals surface area contributed by atoms with E-state index in [1.807, 2.05) is 18.2 Å². The first-order valence-electron chi connectivity index (χ1n) is 10.3. The molecule has 0 spiro atoms. The molecule has 1 fully saturated rings. The number of nitrogens with one attached hydrogen (secondary N) is 1. The Bertz CT molecular complexity index is 800. The number of aromatic nitrogens is 1. The summed E-state index contributed by atoms with van der Waals surface area (Å²) in [5, 5.41) is 4.22. The average Bonchev–Trinajstić information content (AvgIpc) is 3.13. The molecular weight excluding hydrogens is 386 g/mol. The Labute approximate surface area is 179 Å². The third-order valence-corrected chi connectivity index (χ3v) is 5.66. The molecule has 158 valence electrons. The lowest BCUT2D eigenvalue weighted by Crippen LogP contribution is -2.42. The summed E-state index contributed by atoms with van der Waals surface area (Å²) in [5.41, 5.74) is 2.37. The van der Waals surface area contributed by atoms with E-state index in [4.69, 9.17) is 21.3 Å². The van der Waals surface area contributed by atoms with E-state index < -0.39 is 0 Å². The molecule has 0 saturated carbocycles. The average molecular weight is 418 g/mol. The molecule has 1 N–H and O–H groups in total. The van der Waals surface area contributed by atoms with E-state index in [-0.39, 0.29) is 6.04 Å². The zero-order valence-corrected chi connectivity index (χ0v) is 18.4. The third kappa shape index (κ3) is 5.75. The largest absolute Gasteiger partial charge is 0.379 e. The van der Waals surface area contributed by atoms with Gasteiger partial charge in [0.2, 0.25) is 0 Å². The summed E-state index contributed by atoms with van der Waals surface area (Å²) < 4.78 is 7.69. The molecule has 29 heavy (non-hydrogen) atoms. The van der Waals surface area contributed by atoms with E-state index in [2.05, 4.69) is 65.1 Å². The summed E-state index contributed by atoms with van der Waals surface area (Å²) in [6, 6.07) is 12.4. The number of aliphatic imine (C=N–C) groups is 1. The minimum absolute atomic E-state index is 0.129. The molecule has 1 aliphatic heterocycles. The highest BCUT2D eigenvalue weighted by atomic mass is 35.5. The lowest BCUT2D eigenvalue weighted by Gasteiger charge is -2.34. The van der Waals surface area contributed by atoms with E-state index in [0.717, 1.165) is 55.9 Å². The van der Waals surface area contributed by atoms with Crippen molar-refractivity contribution in [2.45, 2.75) is 19.5 Å². The molecule has 2 aromatic rings. The SMILES string of the molecule is CCNC(=NCC(c1ccccc1Cl)N1CCOCC1)N(C)Cc1cccn1C. The highest BCUT2D eigenvalue weighted by Gasteiger charge is 2.24. The minimum Gasteiger partial charge on any atom is -0.379 e. The van der Waals surface area contributed by atoms with Crippen LogP contribution in [0, 0.1) is 0 Å². The van der Waals surface area contributed by atoms with Gasteiger partial charge in [-0.25, -0.2) is 0 Å². The predicted octanol–water partition coefficient (Wildman–Crippen LogP) is 3.15. The number of aryl methyl sites for hydroxylation is 1. The van der Waals surface area contributed by atoms with Gasteiger partial charge in [-0.1, -0.05) is 29.8 Å². The van der Waals surface area contributed by atoms with Crippen molar-refractivity contribution in [3.8, 4) is 0 Å². The number of benzene rings is 1. The van der Waals surface area contributed by atoms with Crippen LogP contribution in [0.4, 0.5) is 0 Å². The molecule has 0 aliphatic carbocycles. The van der Waals surface area contributed by atoms with Crippen LogP contribution in [0.25, 0.3) is 0 Å². The standard InChI is InChI=1S/C22H32ClN5O/c1-4-24-22(27(3)17-18-8-7-11-26(18)2)25-16-21(28-12-14-29-15-13-28)19-9-5-6-10-20(19)23/h5-11,21H,4,12-17H2,1-3H3,(H,24,25). The van der Waals surface area contributed by atoms with Crippen LogP contribution in [-0.4, -0.2) is 66.8 Å². The number of morpholine rings is 1. The van der Waals surface area contributed by atoms with Gasteiger partial charge in [-0.05, 0) is 30.7 Å². The van der Waals surface area contributed by atoms with E-state index in [0.29, 0.717) is 6.54 Å². The van der Waals surface area contributed by atoms with E-state index in [1.54, 1.807) is 0 Å². The lowest BCUT2D eigenvalue weighted by atomic mass is 10.0. The maximum absolute atomic E-state index is 6.55. The van der Waals surface area contributed by atoms with E-state index >= 15 is 0 Å². The van der Waals surface area contributed by atoms with Gasteiger partial charge in [0.15, 0.2) is 5.96 Å². The first kappa shape index (κ1) is 21.7. The van der Waals surface area contributed by atoms with Crippen molar-refractivity contribution in [2.75, 3.05) is 46.4 Å². The topological polar surface area (TPSA) is 45.0 Å². The number of hydrogen-bond donors (Lipinski definition) is 1. The smallest absolute Gasteiger partial charge is 0.194 e. The van der Waals surface area contributed by atoms with Crippen molar-refractivity contribution >= 4 is 17.6 Å². The predicted molar refractivity (Wildman–Crippen MR) is 119 cm³/mol. The Morgan fingerprint density at radius 3 is 2.66 bits per heavy atom. The second-order valence-electron chi connectivity index (χ2n) is 7.35. The second kappa shape index (κ2) is 10.7. The number of ether oxygens (including phenoxy) is 1. The Kier molecular flexibility index (Phi) is 7.98. The molecule has 1 atom stereocenters. The van der Waals surface area contributed by atoms with Crippen LogP contribution >= 0.6 is 11.6 Å². The van der Waals surface area contributed by atoms with E-state index in [1.165, 1.54) is 5.69 Å². The highest BCUT2D eigenvalue weighted by molar-refractivity contribution is 6.31. The Hall–Kier alpha value is -2.02. The fourth-order valence-electron chi connectivity index (χ4n) is 3.67. The van der Waals surface area contributed by atoms with Crippen molar-refractivity contribution < 1.29 is 4.74 Å². The molecule has 6 nitrogen and oxygen atoms in total. The fraction of sp³-hybridized carbons (Fsp3) is 0.500. The van der Waals surface area contributed by atoms with Gasteiger partial charge >= 0.3 is 0 Å². The zero-order valence-electron chi connectivity index (χ0n) is 17.6. The molecule has 1 aliphatic rings. The maximum Gasteiger partial charge on any atom is 0.194 e. The van der Waals surface area contributed by atoms with Crippen molar-refractivity contribution in [2.24, 2.45) is 12.0 Å². The van der Waals surface area contributed by atoms with Crippen molar-refractivity contribution in [1.82, 2.24) is 19.7 Å². The normalized spacial score (nSPS) is 16.6. The molecule has 2 heterocycles. The number of hydrogen-bond acceptors (Lipinski definition) is 3. The van der Waals surface area contributed by atoms with Gasteiger partial charge in [0.1, 0.15) is 0 Å². The van der Waals surface area contributed by atoms with Crippen LogP contribution in [0.2, 0.25) is 5.02 Å². The van der Waals surface area contributed by atoms with Gasteiger partial charge in [-0.15, -0.1) is 0 Å². The Balaban J connectivity index is 1.80. The molecule has 1 aromatic carbocycles. The Morgan fingerprint density at radius 2 is 2.00 bits per heavy atom. The summed E-state index contributed by atoms with van der Waals surface area (Å²) >= 11 is 6.55. The molecular formula is C22H32ClN5O. The van der Waals surface area contributed by atoms with Gasteiger partial charge in [-0.2, -0.15) is 0 Å². The minimum atomic E-state index is 0.129. The first-order chi connectivity index (χ1) is 14.1. The summed E-state index contributed by atoms with van der Waals surface area (Å²) in [4.78, 5) is 9.59. The molecule has 7 heteroatoms. The number of halogens is 1. The van der Waals surface area contributed by atoms with Crippen LogP contribution in [-0.2, 0) is 18.3 Å². The quantitative estimate of drug-likeness (QED) is 0.555. The van der Waals surface area contributed by atoms with E-state index in [9.17, 15) is 0 Å². The van der Waals surface area contributed by atoms with Crippen LogP contribution in [0.3, 0.4) is 0 Å². The zero-order chi connectivity index (χ0) is 20.6. The molecule has 0 bridgehead atoms. The van der Waals surface area contributed by atoms with Gasteiger partial charge in [0, 0.05) is 50.6 Å². The van der Waals surface area contributed by atoms with Crippen molar-refractivity contribution in [3.05, 3.63) is 58.9 Å². The van der Waals surface area contributed by atoms with Crippen molar-refractivity contribution in [1.29, 1.82) is 0 Å². The molecule has 1 unspecified atom stereocenters. The number of nitrogens with zero attached hydrogens (tertiary/aromatic N) is 4. The van der Waals surface area contributed by atoms with Gasteiger partial charge in [-0.3, -0.25) is 9.89 Å². The van der Waals surface area contributed by atoms with Crippen LogP contribution in [0.5, 0.6) is 0 Å². The monoisotopic (exact) mass is 417 g/mol. The fourth-order valence-corrected chi connectivity index (χ4v) is 3.93. The highest BCUT2D eigenvalue weighted by Crippen LogP contribution is 2.28. The summed E-state index contributed by atoms with van der Waals surface area (Å²) in [6.07, 6.45) is 2.07. The van der Waals surface area contributed by atoms with Crippen molar-refractivity contribution in [3.63, 3.8) is 0 Å². The van der Waals surface area contributed by atoms with Crippen LogP contribution in [0.15, 0.2) is 47.6 Å². The lowest BCUT2D eigenvalue weighted by molar-refractivity contribution is 0.0179. The maximum atomic E-state index is 6.55. The molecule has 3 rings (SSSR count). The molecule has 1 saturated heterocycles. The summed E-state index contributed by atoms with van der Waals surface area (Å²) in [5.74, 6) is 0.902. The first-order valence-corrected chi connectivity index (χ1v) is 10.6. The Morgan fingerprint density at radius 1 is 1.24 bits per heavy atom. The molecule has 0 amide bonds. The molecule has 1 aromatic heterocycles. The summed E-state index contributed by atoms with van der Waals surface area (Å²) in [7, 11) is 4.15. The van der Waals surface area contributed by atoms with Gasteiger partial charge < -0.3 is 19.5 Å². The molecule has 0 radical (unpaired) electrons.